The summed E-state index contributed by atoms with van der Waals surface area (Å²) in [6.45, 7) is 1.68. The van der Waals surface area contributed by atoms with Crippen LogP contribution >= 0.6 is 23.2 Å². The van der Waals surface area contributed by atoms with Gasteiger partial charge in [-0.3, -0.25) is 0 Å². The van der Waals surface area contributed by atoms with Gasteiger partial charge in [-0.1, -0.05) is 23.2 Å². The van der Waals surface area contributed by atoms with E-state index < -0.39 is 0 Å². The summed E-state index contributed by atoms with van der Waals surface area (Å²) in [5.41, 5.74) is 6.58. The summed E-state index contributed by atoms with van der Waals surface area (Å²) in [4.78, 5) is 4.40. The third kappa shape index (κ3) is 4.23. The zero-order valence-electron chi connectivity index (χ0n) is 10.6. The molecule has 2 aromatic rings. The van der Waals surface area contributed by atoms with Crippen LogP contribution in [0.3, 0.4) is 0 Å². The monoisotopic (exact) mass is 297 g/mol. The summed E-state index contributed by atoms with van der Waals surface area (Å²) in [7, 11) is 0. The summed E-state index contributed by atoms with van der Waals surface area (Å²) in [5, 5.41) is 1.31. The molecule has 0 amide bonds. The molecule has 1 heterocycles. The third-order valence-electron chi connectivity index (χ3n) is 2.94. The average molecular weight is 298 g/mol. The van der Waals surface area contributed by atoms with Crippen LogP contribution in [0.25, 0.3) is 0 Å². The molecule has 19 heavy (non-hydrogen) atoms. The van der Waals surface area contributed by atoms with Crippen LogP contribution in [0.15, 0.2) is 30.6 Å². The Morgan fingerprint density at radius 3 is 2.53 bits per heavy atom. The van der Waals surface area contributed by atoms with E-state index in [1.807, 2.05) is 24.5 Å². The van der Waals surface area contributed by atoms with E-state index >= 15 is 0 Å². The number of hydrogen-bond donors (Lipinski definition) is 1. The Bertz CT molecular complexity index is 517. The number of rotatable bonds is 6. The second-order valence-corrected chi connectivity index (χ2v) is 5.36. The lowest BCUT2D eigenvalue weighted by atomic mass is 10.1. The highest BCUT2D eigenvalue weighted by Gasteiger charge is 2.05. The van der Waals surface area contributed by atoms with Gasteiger partial charge in [0.25, 0.3) is 0 Å². The predicted octanol–water partition coefficient (Wildman–Crippen LogP) is 3.52. The maximum Gasteiger partial charge on any atom is 0.113 e. The number of halogens is 2. The minimum Gasteiger partial charge on any atom is -0.335 e. The molecule has 0 aliphatic carbocycles. The first-order valence-corrected chi connectivity index (χ1v) is 7.09. The first-order valence-electron chi connectivity index (χ1n) is 6.34. The fourth-order valence-electron chi connectivity index (χ4n) is 2.03. The molecule has 0 saturated carbocycles. The van der Waals surface area contributed by atoms with Crippen molar-refractivity contribution in [1.29, 1.82) is 0 Å². The molecular formula is C14H17Cl2N3. The van der Waals surface area contributed by atoms with E-state index in [4.69, 9.17) is 28.9 Å². The second-order valence-electron chi connectivity index (χ2n) is 4.49. The fourth-order valence-corrected chi connectivity index (χ4v) is 2.60. The topological polar surface area (TPSA) is 43.8 Å². The van der Waals surface area contributed by atoms with E-state index in [1.54, 1.807) is 6.07 Å². The van der Waals surface area contributed by atoms with Gasteiger partial charge < -0.3 is 10.3 Å². The predicted molar refractivity (Wildman–Crippen MR) is 79.8 cm³/mol. The van der Waals surface area contributed by atoms with Crippen LogP contribution in [0.4, 0.5) is 0 Å². The Balaban J connectivity index is 2.08. The summed E-state index contributed by atoms with van der Waals surface area (Å²) >= 11 is 12.0. The molecule has 2 N–H and O–H groups in total. The molecule has 0 spiro atoms. The molecule has 0 unspecified atom stereocenters. The molecule has 0 atom stereocenters. The van der Waals surface area contributed by atoms with Gasteiger partial charge in [0.15, 0.2) is 0 Å². The summed E-state index contributed by atoms with van der Waals surface area (Å²) in [6.07, 6.45) is 6.65. The summed E-state index contributed by atoms with van der Waals surface area (Å²) < 4.78 is 2.16. The number of unbranched alkanes of at least 4 members (excludes halogenated alkanes) is 1. The highest BCUT2D eigenvalue weighted by Crippen LogP contribution is 2.20. The molecule has 102 valence electrons. The van der Waals surface area contributed by atoms with Gasteiger partial charge in [-0.2, -0.15) is 0 Å². The van der Waals surface area contributed by atoms with Crippen molar-refractivity contribution in [2.75, 3.05) is 6.54 Å². The van der Waals surface area contributed by atoms with E-state index in [0.29, 0.717) is 10.0 Å². The van der Waals surface area contributed by atoms with E-state index in [9.17, 15) is 0 Å². The molecule has 0 radical (unpaired) electrons. The van der Waals surface area contributed by atoms with Crippen LogP contribution in [0.2, 0.25) is 10.0 Å². The number of aryl methyl sites for hydroxylation is 1. The minimum atomic E-state index is 0.656. The number of nitrogens with zero attached hydrogens (tertiary/aromatic N) is 2. The summed E-state index contributed by atoms with van der Waals surface area (Å²) in [6, 6.07) is 5.58. The second kappa shape index (κ2) is 6.94. The molecule has 0 saturated heterocycles. The van der Waals surface area contributed by atoms with Gasteiger partial charge in [-0.05, 0) is 43.1 Å². The minimum absolute atomic E-state index is 0.656. The molecular weight excluding hydrogens is 281 g/mol. The van der Waals surface area contributed by atoms with Crippen LogP contribution in [-0.4, -0.2) is 16.1 Å². The van der Waals surface area contributed by atoms with Crippen LogP contribution in [-0.2, 0) is 13.0 Å². The maximum atomic E-state index is 6.01. The number of imidazole rings is 1. The lowest BCUT2D eigenvalue weighted by Crippen LogP contribution is -2.06. The Morgan fingerprint density at radius 2 is 1.84 bits per heavy atom. The Hall–Kier alpha value is -1.03. The van der Waals surface area contributed by atoms with Crippen molar-refractivity contribution < 1.29 is 0 Å². The molecule has 0 aliphatic heterocycles. The van der Waals surface area contributed by atoms with Crippen molar-refractivity contribution in [3.05, 3.63) is 52.0 Å². The van der Waals surface area contributed by atoms with Gasteiger partial charge in [0.1, 0.15) is 5.82 Å². The molecule has 5 heteroatoms. The highest BCUT2D eigenvalue weighted by atomic mass is 35.5. The molecule has 3 nitrogen and oxygen atoms in total. The standard InChI is InChI=1S/C14H17Cl2N3/c15-12-7-11(8-13(16)10-12)9-14-18-4-6-19(14)5-2-1-3-17/h4,6-8,10H,1-3,5,9,17H2. The van der Waals surface area contributed by atoms with E-state index in [0.717, 1.165) is 43.7 Å². The van der Waals surface area contributed by atoms with Gasteiger partial charge in [0.05, 0.1) is 0 Å². The SMILES string of the molecule is NCCCCn1ccnc1Cc1cc(Cl)cc(Cl)c1. The number of hydrogen-bond acceptors (Lipinski definition) is 2. The van der Waals surface area contributed by atoms with Gasteiger partial charge in [-0.25, -0.2) is 4.98 Å². The van der Waals surface area contributed by atoms with E-state index in [-0.39, 0.29) is 0 Å². The van der Waals surface area contributed by atoms with E-state index in [2.05, 4.69) is 9.55 Å². The Kier molecular flexibility index (Phi) is 5.25. The lowest BCUT2D eigenvalue weighted by molar-refractivity contribution is 0.595. The molecule has 1 aromatic heterocycles. The highest BCUT2D eigenvalue weighted by molar-refractivity contribution is 6.34. The average Bonchev–Trinajstić information content (AvgIpc) is 2.76. The van der Waals surface area contributed by atoms with Crippen LogP contribution in [0.1, 0.15) is 24.2 Å². The van der Waals surface area contributed by atoms with Crippen molar-refractivity contribution in [3.63, 3.8) is 0 Å². The zero-order chi connectivity index (χ0) is 13.7. The molecule has 0 bridgehead atoms. The quantitative estimate of drug-likeness (QED) is 0.829. The van der Waals surface area contributed by atoms with Gasteiger partial charge in [0.2, 0.25) is 0 Å². The maximum absolute atomic E-state index is 6.01. The van der Waals surface area contributed by atoms with Crippen LogP contribution in [0, 0.1) is 0 Å². The summed E-state index contributed by atoms with van der Waals surface area (Å²) in [5.74, 6) is 1.02. The third-order valence-corrected chi connectivity index (χ3v) is 3.38. The first kappa shape index (κ1) is 14.4. The zero-order valence-corrected chi connectivity index (χ0v) is 12.2. The van der Waals surface area contributed by atoms with Gasteiger partial charge in [0, 0.05) is 35.4 Å². The van der Waals surface area contributed by atoms with Gasteiger partial charge >= 0.3 is 0 Å². The van der Waals surface area contributed by atoms with Crippen molar-refractivity contribution in [3.8, 4) is 0 Å². The van der Waals surface area contributed by atoms with Crippen molar-refractivity contribution >= 4 is 23.2 Å². The smallest absolute Gasteiger partial charge is 0.113 e. The van der Waals surface area contributed by atoms with Crippen molar-refractivity contribution in [1.82, 2.24) is 9.55 Å². The fraction of sp³-hybridized carbons (Fsp3) is 0.357. The Labute approximate surface area is 123 Å². The largest absolute Gasteiger partial charge is 0.335 e. The molecule has 1 aromatic carbocycles. The molecule has 2 rings (SSSR count). The van der Waals surface area contributed by atoms with Crippen LogP contribution < -0.4 is 5.73 Å². The van der Waals surface area contributed by atoms with Crippen LogP contribution in [0.5, 0.6) is 0 Å². The normalized spacial score (nSPS) is 10.9. The molecule has 0 fully saturated rings. The molecule has 0 aliphatic rings. The van der Waals surface area contributed by atoms with Gasteiger partial charge in [-0.15, -0.1) is 0 Å². The lowest BCUT2D eigenvalue weighted by Gasteiger charge is -2.08. The van der Waals surface area contributed by atoms with Crippen molar-refractivity contribution in [2.24, 2.45) is 5.73 Å². The number of benzene rings is 1. The van der Waals surface area contributed by atoms with E-state index in [1.165, 1.54) is 0 Å². The number of aromatic nitrogens is 2. The van der Waals surface area contributed by atoms with Crippen molar-refractivity contribution in [2.45, 2.75) is 25.8 Å². The first-order chi connectivity index (χ1) is 9.19. The Morgan fingerprint density at radius 1 is 1.11 bits per heavy atom. The number of nitrogens with two attached hydrogens (primary N) is 1.